The van der Waals surface area contributed by atoms with Gasteiger partial charge in [-0.15, -0.1) is 0 Å². The molecule has 0 aromatic heterocycles. The van der Waals surface area contributed by atoms with Gasteiger partial charge in [0.2, 0.25) is 0 Å². The predicted octanol–water partition coefficient (Wildman–Crippen LogP) is 5.09. The monoisotopic (exact) mass is 455 g/mol. The third-order valence-electron chi connectivity index (χ3n) is 3.27. The molecule has 0 spiro atoms. The van der Waals surface area contributed by atoms with Crippen LogP contribution < -0.4 is 5.32 Å². The van der Waals surface area contributed by atoms with E-state index in [1.165, 1.54) is 12.8 Å². The molecule has 0 aliphatic heterocycles. The summed E-state index contributed by atoms with van der Waals surface area (Å²) in [5, 5.41) is 3.48. The molecular weight excluding hydrogens is 429 g/mol. The summed E-state index contributed by atoms with van der Waals surface area (Å²) in [6.45, 7) is 4.26. The number of alkyl halides is 8. The lowest BCUT2D eigenvalue weighted by atomic mass is 10.2. The van der Waals surface area contributed by atoms with Crippen molar-refractivity contribution in [2.45, 2.75) is 77.3 Å². The van der Waals surface area contributed by atoms with E-state index in [2.05, 4.69) is 42.1 Å². The van der Waals surface area contributed by atoms with Gasteiger partial charge in [0.05, 0.1) is 0 Å². The second-order valence-electron chi connectivity index (χ2n) is 5.92. The van der Waals surface area contributed by atoms with Crippen LogP contribution in [0.4, 0.5) is 35.1 Å². The third-order valence-corrected chi connectivity index (χ3v) is 4.18. The molecule has 172 valence electrons. The van der Waals surface area contributed by atoms with E-state index >= 15 is 0 Å². The molecule has 0 radical (unpaired) electrons. The van der Waals surface area contributed by atoms with E-state index < -0.39 is 45.7 Å². The first-order valence-electron chi connectivity index (χ1n) is 8.20. The molecule has 2 unspecified atom stereocenters. The van der Waals surface area contributed by atoms with Gasteiger partial charge in [-0.2, -0.15) is 17.6 Å². The summed E-state index contributed by atoms with van der Waals surface area (Å²) in [7, 11) is -5.59. The van der Waals surface area contributed by atoms with Crippen LogP contribution in [-0.2, 0) is 13.6 Å². The molecule has 0 fully saturated rings. The van der Waals surface area contributed by atoms with Gasteiger partial charge in [-0.25, -0.2) is 22.1 Å². The molecule has 2 atom stereocenters. The summed E-state index contributed by atoms with van der Waals surface area (Å²) in [5.74, 6) is -9.65. The van der Waals surface area contributed by atoms with E-state index in [9.17, 15) is 39.7 Å². The average Bonchev–Trinajstić information content (AvgIpc) is 2.58. The van der Waals surface area contributed by atoms with Crippen molar-refractivity contribution in [1.29, 1.82) is 0 Å². The predicted molar refractivity (Wildman–Crippen MR) is 86.3 cm³/mol. The Morgan fingerprint density at radius 2 is 1.14 bits per heavy atom. The zero-order chi connectivity index (χ0) is 22.8. The zero-order valence-electron chi connectivity index (χ0n) is 15.8. The van der Waals surface area contributed by atoms with E-state index in [1.807, 2.05) is 0 Å². The van der Waals surface area contributed by atoms with E-state index in [-0.39, 0.29) is 0 Å². The quantitative estimate of drug-likeness (QED) is 0.317. The Morgan fingerprint density at radius 1 is 0.857 bits per heavy atom. The maximum atomic E-state index is 12.2. The largest absolute Gasteiger partial charge is 0.472 e. The molecule has 0 aromatic carbocycles. The number of rotatable bonds is 12. The fourth-order valence-corrected chi connectivity index (χ4v) is 1.97. The number of halogens is 8. The highest BCUT2D eigenvalue weighted by molar-refractivity contribution is 7.47. The third kappa shape index (κ3) is 13.6. The first-order valence-corrected chi connectivity index (χ1v) is 9.70. The van der Waals surface area contributed by atoms with Gasteiger partial charge < -0.3 is 10.2 Å². The highest BCUT2D eigenvalue weighted by Gasteiger charge is 2.46. The summed E-state index contributed by atoms with van der Waals surface area (Å²) in [6.07, 6.45) is -6.03. The van der Waals surface area contributed by atoms with Crippen molar-refractivity contribution < 1.29 is 53.6 Å². The highest BCUT2D eigenvalue weighted by Crippen LogP contribution is 2.46. The molecule has 0 saturated heterocycles. The van der Waals surface area contributed by atoms with Gasteiger partial charge in [-0.3, -0.25) is 9.05 Å². The van der Waals surface area contributed by atoms with Gasteiger partial charge in [0.25, 0.3) is 0 Å². The van der Waals surface area contributed by atoms with Gasteiger partial charge in [0, 0.05) is 12.1 Å². The Morgan fingerprint density at radius 3 is 1.36 bits per heavy atom. The molecule has 0 heterocycles. The topological polar surface area (TPSA) is 67.8 Å². The van der Waals surface area contributed by atoms with Crippen molar-refractivity contribution in [1.82, 2.24) is 5.32 Å². The van der Waals surface area contributed by atoms with Crippen molar-refractivity contribution in [3.05, 3.63) is 0 Å². The first kappa shape index (κ1) is 29.7. The Kier molecular flexibility index (Phi) is 13.7. The Labute approximate surface area is 158 Å². The SMILES string of the molecule is CCC(C)NC(C)CC.O=P(O)(OCC(F)(F)C(F)F)OCC(F)(F)C(F)F. The van der Waals surface area contributed by atoms with Crippen molar-refractivity contribution in [3.8, 4) is 0 Å². The van der Waals surface area contributed by atoms with Crippen molar-refractivity contribution in [3.63, 3.8) is 0 Å². The van der Waals surface area contributed by atoms with Crippen LogP contribution in [0.25, 0.3) is 0 Å². The molecule has 28 heavy (non-hydrogen) atoms. The lowest BCUT2D eigenvalue weighted by molar-refractivity contribution is -0.161. The minimum absolute atomic E-state index is 0.681. The maximum absolute atomic E-state index is 12.2. The summed E-state index contributed by atoms with van der Waals surface area (Å²) in [4.78, 5) is 8.56. The molecule has 0 saturated carbocycles. The number of hydrogen-bond donors (Lipinski definition) is 2. The van der Waals surface area contributed by atoms with Crippen molar-refractivity contribution >= 4 is 7.82 Å². The van der Waals surface area contributed by atoms with E-state index in [0.717, 1.165) is 0 Å². The Bertz CT molecular complexity index is 435. The average molecular weight is 455 g/mol. The number of hydrogen-bond acceptors (Lipinski definition) is 4. The van der Waals surface area contributed by atoms with Crippen LogP contribution >= 0.6 is 7.82 Å². The molecule has 0 aliphatic rings. The summed E-state index contributed by atoms with van der Waals surface area (Å²) < 4.78 is 113. The van der Waals surface area contributed by atoms with Crippen LogP contribution in [0.15, 0.2) is 0 Å². The fourth-order valence-electron chi connectivity index (χ4n) is 1.22. The number of phosphoric acid groups is 1. The lowest BCUT2D eigenvalue weighted by Crippen LogP contribution is -2.33. The summed E-state index contributed by atoms with van der Waals surface area (Å²) in [6, 6.07) is 1.36. The molecular formula is C14H26F8NO4P. The van der Waals surface area contributed by atoms with Crippen molar-refractivity contribution in [2.24, 2.45) is 0 Å². The van der Waals surface area contributed by atoms with E-state index in [0.29, 0.717) is 12.1 Å². The normalized spacial score (nSPS) is 15.4. The minimum Gasteiger partial charge on any atom is -0.312 e. The van der Waals surface area contributed by atoms with Gasteiger partial charge in [-0.05, 0) is 26.7 Å². The van der Waals surface area contributed by atoms with Crippen LogP contribution in [0, 0.1) is 0 Å². The van der Waals surface area contributed by atoms with Gasteiger partial charge in [-0.1, -0.05) is 13.8 Å². The Hall–Kier alpha value is -0.490. The van der Waals surface area contributed by atoms with Gasteiger partial charge >= 0.3 is 32.5 Å². The van der Waals surface area contributed by atoms with Gasteiger partial charge in [0.1, 0.15) is 13.2 Å². The molecule has 0 aromatic rings. The van der Waals surface area contributed by atoms with E-state index in [4.69, 9.17) is 4.89 Å². The molecule has 2 N–H and O–H groups in total. The Balaban J connectivity index is 0. The smallest absolute Gasteiger partial charge is 0.312 e. The molecule has 0 amide bonds. The van der Waals surface area contributed by atoms with Crippen LogP contribution in [0.5, 0.6) is 0 Å². The highest BCUT2D eigenvalue weighted by atomic mass is 31.2. The van der Waals surface area contributed by atoms with Crippen LogP contribution in [0.3, 0.4) is 0 Å². The van der Waals surface area contributed by atoms with Crippen LogP contribution in [0.1, 0.15) is 40.5 Å². The summed E-state index contributed by atoms with van der Waals surface area (Å²) >= 11 is 0. The van der Waals surface area contributed by atoms with Crippen LogP contribution in [0.2, 0.25) is 0 Å². The molecule has 5 nitrogen and oxygen atoms in total. The second kappa shape index (κ2) is 12.9. The number of nitrogens with one attached hydrogen (secondary N) is 1. The first-order chi connectivity index (χ1) is 12.5. The molecule has 0 aliphatic carbocycles. The minimum atomic E-state index is -5.59. The van der Waals surface area contributed by atoms with Crippen LogP contribution in [-0.4, -0.2) is 54.9 Å². The molecule has 14 heteroatoms. The maximum Gasteiger partial charge on any atom is 0.472 e. The fraction of sp³-hybridized carbons (Fsp3) is 1.00. The molecule has 0 rings (SSSR count). The van der Waals surface area contributed by atoms with Crippen molar-refractivity contribution in [2.75, 3.05) is 13.2 Å². The number of phosphoric ester groups is 1. The standard InChI is InChI=1S/C8H19N.C6H7F8O4P/c1-5-7(3)9-8(4)6-2;7-3(8)5(11,12)1-17-19(15,16)18-2-6(13,14)4(9)10/h7-9H,5-6H2,1-4H3;3-4H,1-2H2,(H,15,16). The van der Waals surface area contributed by atoms with E-state index in [1.54, 1.807) is 0 Å². The lowest BCUT2D eigenvalue weighted by Gasteiger charge is -2.20. The second-order valence-corrected chi connectivity index (χ2v) is 7.38. The van der Waals surface area contributed by atoms with Gasteiger partial charge in [0.15, 0.2) is 0 Å². The zero-order valence-corrected chi connectivity index (χ0v) is 16.7. The summed E-state index contributed by atoms with van der Waals surface area (Å²) in [5.41, 5.74) is 0. The molecule has 0 bridgehead atoms.